The minimum absolute atomic E-state index is 0.199. The van der Waals surface area contributed by atoms with Gasteiger partial charge in [-0.2, -0.15) is 0 Å². The molecule has 0 heterocycles. The number of nitrogens with one attached hydrogen (secondary N) is 1. The SMILES string of the molecule is Cc1cccc(N)c1C(=O)NCC1(O)CCCCC1. The molecular weight excluding hydrogens is 240 g/mol. The molecule has 4 heteroatoms. The quantitative estimate of drug-likeness (QED) is 0.729. The van der Waals surface area contributed by atoms with E-state index in [9.17, 15) is 9.90 Å². The highest BCUT2D eigenvalue weighted by atomic mass is 16.3. The molecule has 4 N–H and O–H groups in total. The maximum absolute atomic E-state index is 12.2. The van der Waals surface area contributed by atoms with Crippen molar-refractivity contribution in [3.8, 4) is 0 Å². The van der Waals surface area contributed by atoms with Crippen molar-refractivity contribution in [2.24, 2.45) is 0 Å². The Kier molecular flexibility index (Phi) is 4.10. The number of benzene rings is 1. The molecule has 1 fully saturated rings. The first kappa shape index (κ1) is 13.9. The van der Waals surface area contributed by atoms with E-state index in [0.717, 1.165) is 31.2 Å². The van der Waals surface area contributed by atoms with Crippen LogP contribution in [0.1, 0.15) is 48.0 Å². The molecule has 1 aliphatic rings. The van der Waals surface area contributed by atoms with Gasteiger partial charge in [0, 0.05) is 12.2 Å². The van der Waals surface area contributed by atoms with E-state index in [1.807, 2.05) is 19.1 Å². The number of aryl methyl sites for hydroxylation is 1. The van der Waals surface area contributed by atoms with Gasteiger partial charge in [0.2, 0.25) is 0 Å². The number of carbonyl (C=O) groups is 1. The van der Waals surface area contributed by atoms with Crippen molar-refractivity contribution in [3.05, 3.63) is 29.3 Å². The molecule has 0 spiro atoms. The van der Waals surface area contributed by atoms with Crippen LogP contribution in [0.15, 0.2) is 18.2 Å². The average Bonchev–Trinajstić information content (AvgIpc) is 2.37. The summed E-state index contributed by atoms with van der Waals surface area (Å²) in [5, 5.41) is 13.2. The first-order valence-electron chi connectivity index (χ1n) is 6.87. The van der Waals surface area contributed by atoms with Gasteiger partial charge in [-0.15, -0.1) is 0 Å². The first-order valence-corrected chi connectivity index (χ1v) is 6.87. The third-order valence-electron chi connectivity index (χ3n) is 3.89. The van der Waals surface area contributed by atoms with Gasteiger partial charge in [-0.05, 0) is 31.4 Å². The Labute approximate surface area is 114 Å². The van der Waals surface area contributed by atoms with E-state index < -0.39 is 5.60 Å². The predicted molar refractivity (Wildman–Crippen MR) is 76.0 cm³/mol. The molecule has 0 saturated heterocycles. The van der Waals surface area contributed by atoms with Gasteiger partial charge in [-0.3, -0.25) is 4.79 Å². The molecule has 1 aliphatic carbocycles. The molecule has 19 heavy (non-hydrogen) atoms. The summed E-state index contributed by atoms with van der Waals surface area (Å²) in [6.45, 7) is 2.17. The Bertz CT molecular complexity index is 445. The minimum atomic E-state index is -0.745. The molecule has 104 valence electrons. The van der Waals surface area contributed by atoms with Crippen LogP contribution in [0, 0.1) is 6.92 Å². The summed E-state index contributed by atoms with van der Waals surface area (Å²) < 4.78 is 0. The van der Waals surface area contributed by atoms with Crippen LogP contribution in [-0.2, 0) is 0 Å². The second kappa shape index (κ2) is 5.61. The third kappa shape index (κ3) is 3.26. The van der Waals surface area contributed by atoms with Crippen LogP contribution in [0.25, 0.3) is 0 Å². The van der Waals surface area contributed by atoms with Crippen LogP contribution in [0.5, 0.6) is 0 Å². The lowest BCUT2D eigenvalue weighted by Crippen LogP contribution is -2.44. The molecule has 0 atom stereocenters. The van der Waals surface area contributed by atoms with Crippen molar-refractivity contribution in [1.29, 1.82) is 0 Å². The van der Waals surface area contributed by atoms with Gasteiger partial charge in [0.05, 0.1) is 11.2 Å². The van der Waals surface area contributed by atoms with Gasteiger partial charge in [-0.1, -0.05) is 31.4 Å². The van der Waals surface area contributed by atoms with Crippen LogP contribution in [0.2, 0.25) is 0 Å². The Morgan fingerprint density at radius 1 is 1.37 bits per heavy atom. The van der Waals surface area contributed by atoms with Gasteiger partial charge < -0.3 is 16.2 Å². The molecule has 0 unspecified atom stereocenters. The predicted octanol–water partition coefficient (Wildman–Crippen LogP) is 2.00. The lowest BCUT2D eigenvalue weighted by molar-refractivity contribution is 0.00525. The molecule has 2 rings (SSSR count). The van der Waals surface area contributed by atoms with E-state index >= 15 is 0 Å². The maximum Gasteiger partial charge on any atom is 0.253 e. The van der Waals surface area contributed by atoms with Crippen molar-refractivity contribution in [1.82, 2.24) is 5.32 Å². The minimum Gasteiger partial charge on any atom is -0.398 e. The van der Waals surface area contributed by atoms with E-state index in [-0.39, 0.29) is 5.91 Å². The second-order valence-corrected chi connectivity index (χ2v) is 5.51. The molecule has 1 amide bonds. The fraction of sp³-hybridized carbons (Fsp3) is 0.533. The monoisotopic (exact) mass is 262 g/mol. The molecular formula is C15H22N2O2. The molecule has 1 saturated carbocycles. The Morgan fingerprint density at radius 2 is 2.05 bits per heavy atom. The topological polar surface area (TPSA) is 75.4 Å². The second-order valence-electron chi connectivity index (χ2n) is 5.51. The van der Waals surface area contributed by atoms with Crippen LogP contribution >= 0.6 is 0 Å². The maximum atomic E-state index is 12.2. The van der Waals surface area contributed by atoms with Crippen molar-refractivity contribution < 1.29 is 9.90 Å². The zero-order valence-corrected chi connectivity index (χ0v) is 11.4. The summed E-state index contributed by atoms with van der Waals surface area (Å²) >= 11 is 0. The summed E-state index contributed by atoms with van der Waals surface area (Å²) in [7, 11) is 0. The standard InChI is InChI=1S/C15H22N2O2/c1-11-6-5-7-12(16)13(11)14(18)17-10-15(19)8-3-2-4-9-15/h5-7,19H,2-4,8-10,16H2,1H3,(H,17,18). The van der Waals surface area contributed by atoms with Crippen molar-refractivity contribution in [2.45, 2.75) is 44.6 Å². The van der Waals surface area contributed by atoms with Crippen LogP contribution in [-0.4, -0.2) is 23.2 Å². The molecule has 1 aromatic carbocycles. The van der Waals surface area contributed by atoms with Gasteiger partial charge in [0.25, 0.3) is 5.91 Å². The average molecular weight is 262 g/mol. The number of nitrogens with two attached hydrogens (primary N) is 1. The molecule has 4 nitrogen and oxygen atoms in total. The summed E-state index contributed by atoms with van der Waals surface area (Å²) in [4.78, 5) is 12.2. The van der Waals surface area contributed by atoms with E-state index in [0.29, 0.717) is 17.8 Å². The van der Waals surface area contributed by atoms with Crippen LogP contribution < -0.4 is 11.1 Å². The number of hydrogen-bond donors (Lipinski definition) is 3. The Morgan fingerprint density at radius 3 is 2.68 bits per heavy atom. The zero-order chi connectivity index (χ0) is 13.9. The number of anilines is 1. The highest BCUT2D eigenvalue weighted by Crippen LogP contribution is 2.27. The number of amides is 1. The smallest absolute Gasteiger partial charge is 0.253 e. The fourth-order valence-electron chi connectivity index (χ4n) is 2.72. The number of hydrogen-bond acceptors (Lipinski definition) is 3. The van der Waals surface area contributed by atoms with Gasteiger partial charge >= 0.3 is 0 Å². The summed E-state index contributed by atoms with van der Waals surface area (Å²) in [5.74, 6) is -0.199. The number of carbonyl (C=O) groups excluding carboxylic acids is 1. The van der Waals surface area contributed by atoms with Gasteiger partial charge in [0.15, 0.2) is 0 Å². The highest BCUT2D eigenvalue weighted by Gasteiger charge is 2.29. The highest BCUT2D eigenvalue weighted by molar-refractivity contribution is 6.00. The summed E-state index contributed by atoms with van der Waals surface area (Å²) in [6, 6.07) is 5.41. The Balaban J connectivity index is 2.01. The van der Waals surface area contributed by atoms with Crippen LogP contribution in [0.3, 0.4) is 0 Å². The van der Waals surface area contributed by atoms with E-state index in [1.165, 1.54) is 6.42 Å². The molecule has 0 radical (unpaired) electrons. The fourth-order valence-corrected chi connectivity index (χ4v) is 2.72. The lowest BCUT2D eigenvalue weighted by atomic mass is 9.85. The largest absolute Gasteiger partial charge is 0.398 e. The van der Waals surface area contributed by atoms with Crippen LogP contribution in [0.4, 0.5) is 5.69 Å². The van der Waals surface area contributed by atoms with Crippen molar-refractivity contribution >= 4 is 11.6 Å². The van der Waals surface area contributed by atoms with Gasteiger partial charge in [-0.25, -0.2) is 0 Å². The number of rotatable bonds is 3. The van der Waals surface area contributed by atoms with E-state index in [1.54, 1.807) is 6.07 Å². The number of nitrogen functional groups attached to an aromatic ring is 1. The molecule has 0 aliphatic heterocycles. The first-order chi connectivity index (χ1) is 9.02. The van der Waals surface area contributed by atoms with E-state index in [4.69, 9.17) is 5.73 Å². The third-order valence-corrected chi connectivity index (χ3v) is 3.89. The van der Waals surface area contributed by atoms with E-state index in [2.05, 4.69) is 5.32 Å². The van der Waals surface area contributed by atoms with Crippen molar-refractivity contribution in [3.63, 3.8) is 0 Å². The summed E-state index contributed by atoms with van der Waals surface area (Å²) in [6.07, 6.45) is 4.74. The normalized spacial score (nSPS) is 18.0. The number of aliphatic hydroxyl groups is 1. The summed E-state index contributed by atoms with van der Waals surface area (Å²) in [5.41, 5.74) is 6.95. The molecule has 1 aromatic rings. The lowest BCUT2D eigenvalue weighted by Gasteiger charge is -2.32. The van der Waals surface area contributed by atoms with Crippen molar-refractivity contribution in [2.75, 3.05) is 12.3 Å². The molecule has 0 aromatic heterocycles. The molecule has 0 bridgehead atoms. The Hall–Kier alpha value is -1.55. The van der Waals surface area contributed by atoms with Gasteiger partial charge in [0.1, 0.15) is 0 Å². The zero-order valence-electron chi connectivity index (χ0n) is 11.4.